The lowest BCUT2D eigenvalue weighted by Crippen LogP contribution is -2.17. The summed E-state index contributed by atoms with van der Waals surface area (Å²) in [6.45, 7) is 7.80. The van der Waals surface area contributed by atoms with Gasteiger partial charge in [-0.25, -0.2) is 0 Å². The smallest absolute Gasteiger partial charge is 0.122 e. The van der Waals surface area contributed by atoms with Crippen molar-refractivity contribution in [3.63, 3.8) is 0 Å². The van der Waals surface area contributed by atoms with Crippen molar-refractivity contribution >= 4 is 0 Å². The summed E-state index contributed by atoms with van der Waals surface area (Å²) in [5, 5.41) is 12.7. The molecule has 0 radical (unpaired) electrons. The number of aromatic hydroxyl groups is 1. The van der Waals surface area contributed by atoms with Crippen LogP contribution in [-0.4, -0.2) is 11.7 Å². The quantitative estimate of drug-likeness (QED) is 0.844. The number of aryl methyl sites for hydroxylation is 1. The van der Waals surface area contributed by atoms with Gasteiger partial charge in [0.15, 0.2) is 0 Å². The van der Waals surface area contributed by atoms with Gasteiger partial charge >= 0.3 is 0 Å². The van der Waals surface area contributed by atoms with E-state index in [1.807, 2.05) is 18.2 Å². The minimum atomic E-state index is 0.275. The first-order valence-electron chi connectivity index (χ1n) is 7.34. The van der Waals surface area contributed by atoms with E-state index in [4.69, 9.17) is 4.74 Å². The lowest BCUT2D eigenvalue weighted by Gasteiger charge is -2.15. The Labute approximate surface area is 126 Å². The van der Waals surface area contributed by atoms with Gasteiger partial charge in [0.25, 0.3) is 0 Å². The van der Waals surface area contributed by atoms with Crippen molar-refractivity contribution in [3.05, 3.63) is 59.2 Å². The van der Waals surface area contributed by atoms with Gasteiger partial charge in [0.2, 0.25) is 0 Å². The van der Waals surface area contributed by atoms with Crippen molar-refractivity contribution < 1.29 is 9.84 Å². The highest BCUT2D eigenvalue weighted by atomic mass is 16.5. The van der Waals surface area contributed by atoms with Crippen LogP contribution in [0.25, 0.3) is 0 Å². The van der Waals surface area contributed by atoms with Crippen LogP contribution in [0.5, 0.6) is 11.5 Å². The largest absolute Gasteiger partial charge is 0.508 e. The van der Waals surface area contributed by atoms with Crippen LogP contribution in [0.4, 0.5) is 0 Å². The third-order valence-corrected chi connectivity index (χ3v) is 3.54. The molecule has 2 aromatic rings. The van der Waals surface area contributed by atoms with Crippen LogP contribution >= 0.6 is 0 Å². The summed E-state index contributed by atoms with van der Waals surface area (Å²) in [5.41, 5.74) is 3.44. The van der Waals surface area contributed by atoms with Crippen molar-refractivity contribution in [3.8, 4) is 11.5 Å². The second kappa shape index (κ2) is 7.14. The molecule has 112 valence electrons. The van der Waals surface area contributed by atoms with Gasteiger partial charge in [0, 0.05) is 6.04 Å². The Balaban J connectivity index is 2.02. The molecule has 0 aliphatic rings. The van der Waals surface area contributed by atoms with Crippen molar-refractivity contribution in [2.24, 2.45) is 0 Å². The summed E-state index contributed by atoms with van der Waals surface area (Å²) in [4.78, 5) is 0. The van der Waals surface area contributed by atoms with Crippen LogP contribution < -0.4 is 10.1 Å². The molecule has 0 heterocycles. The molecule has 0 bridgehead atoms. The van der Waals surface area contributed by atoms with Gasteiger partial charge in [-0.1, -0.05) is 31.2 Å². The molecule has 2 aromatic carbocycles. The standard InChI is InChI=1S/C18H23NO2/c1-4-19-14(3)16-7-10-18(13(2)11-16)21-12-15-5-8-17(20)9-6-15/h5-11,14,19-20H,4,12H2,1-3H3. The van der Waals surface area contributed by atoms with Gasteiger partial charge in [-0.15, -0.1) is 0 Å². The van der Waals surface area contributed by atoms with E-state index in [0.29, 0.717) is 12.6 Å². The summed E-state index contributed by atoms with van der Waals surface area (Å²) in [5.74, 6) is 1.17. The van der Waals surface area contributed by atoms with E-state index in [1.54, 1.807) is 12.1 Å². The third kappa shape index (κ3) is 4.23. The Morgan fingerprint density at radius 3 is 2.48 bits per heavy atom. The zero-order valence-corrected chi connectivity index (χ0v) is 12.9. The number of ether oxygens (including phenoxy) is 1. The van der Waals surface area contributed by atoms with E-state index in [0.717, 1.165) is 23.4 Å². The minimum Gasteiger partial charge on any atom is -0.508 e. The molecule has 1 atom stereocenters. The van der Waals surface area contributed by atoms with Gasteiger partial charge in [-0.3, -0.25) is 0 Å². The first kappa shape index (κ1) is 15.4. The fourth-order valence-electron chi connectivity index (χ4n) is 2.28. The van der Waals surface area contributed by atoms with Gasteiger partial charge in [0.05, 0.1) is 0 Å². The number of phenols is 1. The Morgan fingerprint density at radius 2 is 1.86 bits per heavy atom. The van der Waals surface area contributed by atoms with Crippen LogP contribution in [0.2, 0.25) is 0 Å². The van der Waals surface area contributed by atoms with E-state index in [-0.39, 0.29) is 5.75 Å². The summed E-state index contributed by atoms with van der Waals surface area (Å²) in [6, 6.07) is 13.7. The molecule has 2 rings (SSSR count). The Bertz CT molecular complexity index is 578. The Hall–Kier alpha value is -2.00. The minimum absolute atomic E-state index is 0.275. The summed E-state index contributed by atoms with van der Waals surface area (Å²) >= 11 is 0. The number of nitrogens with one attached hydrogen (secondary N) is 1. The molecule has 1 unspecified atom stereocenters. The first-order chi connectivity index (χ1) is 10.1. The number of hydrogen-bond donors (Lipinski definition) is 2. The van der Waals surface area contributed by atoms with Gasteiger partial charge in [-0.05, 0) is 55.3 Å². The number of rotatable bonds is 6. The molecule has 0 fully saturated rings. The zero-order chi connectivity index (χ0) is 15.2. The van der Waals surface area contributed by atoms with Crippen molar-refractivity contribution in [2.45, 2.75) is 33.4 Å². The summed E-state index contributed by atoms with van der Waals surface area (Å²) < 4.78 is 5.86. The van der Waals surface area contributed by atoms with Crippen LogP contribution in [0.1, 0.15) is 36.6 Å². The molecular formula is C18H23NO2. The van der Waals surface area contributed by atoms with Crippen LogP contribution in [0.3, 0.4) is 0 Å². The second-order valence-electron chi connectivity index (χ2n) is 5.26. The van der Waals surface area contributed by atoms with E-state index in [2.05, 4.69) is 38.2 Å². The summed E-state index contributed by atoms with van der Waals surface area (Å²) in [6.07, 6.45) is 0. The number of hydrogen-bond acceptors (Lipinski definition) is 3. The normalized spacial score (nSPS) is 12.1. The predicted molar refractivity (Wildman–Crippen MR) is 85.7 cm³/mol. The number of phenolic OH excluding ortho intramolecular Hbond substituents is 1. The Kier molecular flexibility index (Phi) is 5.23. The molecular weight excluding hydrogens is 262 g/mol. The highest BCUT2D eigenvalue weighted by molar-refractivity contribution is 5.37. The molecule has 0 aromatic heterocycles. The third-order valence-electron chi connectivity index (χ3n) is 3.54. The highest BCUT2D eigenvalue weighted by Gasteiger charge is 2.07. The predicted octanol–water partition coefficient (Wildman–Crippen LogP) is 3.95. The molecule has 0 saturated heterocycles. The maximum Gasteiger partial charge on any atom is 0.122 e. The van der Waals surface area contributed by atoms with Crippen molar-refractivity contribution in [1.82, 2.24) is 5.32 Å². The van der Waals surface area contributed by atoms with E-state index in [9.17, 15) is 5.11 Å². The fourth-order valence-corrected chi connectivity index (χ4v) is 2.28. The zero-order valence-electron chi connectivity index (χ0n) is 12.9. The highest BCUT2D eigenvalue weighted by Crippen LogP contribution is 2.23. The van der Waals surface area contributed by atoms with E-state index in [1.165, 1.54) is 5.56 Å². The SMILES string of the molecule is CCNC(C)c1ccc(OCc2ccc(O)cc2)c(C)c1. The molecule has 2 N–H and O–H groups in total. The maximum atomic E-state index is 9.27. The topological polar surface area (TPSA) is 41.5 Å². The number of benzene rings is 2. The second-order valence-corrected chi connectivity index (χ2v) is 5.26. The van der Waals surface area contributed by atoms with Crippen molar-refractivity contribution in [1.29, 1.82) is 0 Å². The molecule has 21 heavy (non-hydrogen) atoms. The Morgan fingerprint density at radius 1 is 1.14 bits per heavy atom. The van der Waals surface area contributed by atoms with Crippen LogP contribution in [0, 0.1) is 6.92 Å². The fraction of sp³-hybridized carbons (Fsp3) is 0.333. The average Bonchev–Trinajstić information content (AvgIpc) is 2.48. The molecule has 0 spiro atoms. The molecule has 0 amide bonds. The molecule has 0 saturated carbocycles. The lowest BCUT2D eigenvalue weighted by atomic mass is 10.1. The van der Waals surface area contributed by atoms with E-state index >= 15 is 0 Å². The van der Waals surface area contributed by atoms with E-state index < -0.39 is 0 Å². The van der Waals surface area contributed by atoms with Crippen molar-refractivity contribution in [2.75, 3.05) is 6.54 Å². The van der Waals surface area contributed by atoms with Gasteiger partial charge < -0.3 is 15.2 Å². The van der Waals surface area contributed by atoms with Crippen LogP contribution in [-0.2, 0) is 6.61 Å². The average molecular weight is 285 g/mol. The summed E-state index contributed by atoms with van der Waals surface area (Å²) in [7, 11) is 0. The van der Waals surface area contributed by atoms with Crippen LogP contribution in [0.15, 0.2) is 42.5 Å². The first-order valence-corrected chi connectivity index (χ1v) is 7.34. The van der Waals surface area contributed by atoms with Gasteiger partial charge in [0.1, 0.15) is 18.1 Å². The van der Waals surface area contributed by atoms with Gasteiger partial charge in [-0.2, -0.15) is 0 Å². The monoisotopic (exact) mass is 285 g/mol. The molecule has 0 aliphatic carbocycles. The molecule has 0 aliphatic heterocycles. The molecule has 3 heteroatoms. The maximum absolute atomic E-state index is 9.27. The molecule has 3 nitrogen and oxygen atoms in total. The lowest BCUT2D eigenvalue weighted by molar-refractivity contribution is 0.303.